The summed E-state index contributed by atoms with van der Waals surface area (Å²) in [5.74, 6) is 2.32. The number of ketones is 1. The molecule has 1 aromatic rings. The van der Waals surface area contributed by atoms with Crippen LogP contribution in [0.2, 0.25) is 0 Å². The van der Waals surface area contributed by atoms with Crippen LogP contribution in [0.3, 0.4) is 0 Å². The fraction of sp³-hybridized carbons (Fsp3) is 0.667. The lowest BCUT2D eigenvalue weighted by Crippen LogP contribution is -3.41. The minimum Gasteiger partial charge on any atom is -0.497 e. The van der Waals surface area contributed by atoms with Crippen molar-refractivity contribution >= 4 is 5.78 Å². The maximum Gasteiger partial charge on any atom is 0.240 e. The topological polar surface area (TPSA) is 35.2 Å². The second-order valence-electron chi connectivity index (χ2n) is 9.18. The molecule has 5 rings (SSSR count). The maximum absolute atomic E-state index is 13.6. The van der Waals surface area contributed by atoms with Gasteiger partial charge in [-0.05, 0) is 36.1 Å². The third-order valence-corrected chi connectivity index (χ3v) is 7.55. The number of Topliss-reactive ketones (excluding diaryl/α,β-unsaturated/α-hetero) is 1. The Hall–Kier alpha value is -1.39. The monoisotopic (exact) mass is 344 g/mol. The molecule has 4 nitrogen and oxygen atoms in total. The van der Waals surface area contributed by atoms with E-state index in [1.54, 1.807) is 16.9 Å². The number of carbonyl (C=O) groups is 1. The molecule has 2 N–H and O–H groups in total. The molecule has 0 aliphatic carbocycles. The van der Waals surface area contributed by atoms with Crippen molar-refractivity contribution in [3.8, 4) is 5.75 Å². The molecule has 4 bridgehead atoms. The normalized spacial score (nSPS) is 39.5. The number of hydrogen-bond donors (Lipinski definition) is 2. The van der Waals surface area contributed by atoms with Gasteiger partial charge in [-0.2, -0.15) is 0 Å². The van der Waals surface area contributed by atoms with E-state index < -0.39 is 0 Å². The molecular weight excluding hydrogens is 312 g/mol. The summed E-state index contributed by atoms with van der Waals surface area (Å²) in [6.07, 6.45) is 0.456. The Labute approximate surface area is 151 Å². The molecule has 0 saturated carbocycles. The van der Waals surface area contributed by atoms with Gasteiger partial charge in [0.15, 0.2) is 5.78 Å². The third-order valence-electron chi connectivity index (χ3n) is 7.55. The van der Waals surface area contributed by atoms with Gasteiger partial charge in [0.25, 0.3) is 0 Å². The van der Waals surface area contributed by atoms with Gasteiger partial charge in [0.1, 0.15) is 42.8 Å². The van der Waals surface area contributed by atoms with Gasteiger partial charge in [-0.25, -0.2) is 0 Å². The van der Waals surface area contributed by atoms with Crippen LogP contribution in [-0.2, 0) is 4.79 Å². The van der Waals surface area contributed by atoms with Crippen LogP contribution in [0.25, 0.3) is 0 Å². The molecular formula is C21H32N2O2+2. The quantitative estimate of drug-likeness (QED) is 0.827. The number of nitrogens with one attached hydrogen (secondary N) is 2. The zero-order chi connectivity index (χ0) is 18.0. The van der Waals surface area contributed by atoms with Gasteiger partial charge < -0.3 is 4.74 Å². The fourth-order valence-corrected chi connectivity index (χ4v) is 5.99. The second-order valence-corrected chi connectivity index (χ2v) is 9.18. The Morgan fingerprint density at radius 1 is 0.920 bits per heavy atom. The molecule has 0 unspecified atom stereocenters. The van der Waals surface area contributed by atoms with Crippen LogP contribution in [0.5, 0.6) is 5.75 Å². The van der Waals surface area contributed by atoms with E-state index in [9.17, 15) is 4.79 Å². The minimum absolute atomic E-state index is 0.131. The van der Waals surface area contributed by atoms with Crippen molar-refractivity contribution in [2.24, 2.45) is 22.7 Å². The Kier molecular flexibility index (Phi) is 3.79. The predicted octanol–water partition coefficient (Wildman–Crippen LogP) is 0.358. The van der Waals surface area contributed by atoms with Crippen LogP contribution in [0.1, 0.15) is 39.4 Å². The number of quaternary nitrogens is 2. The lowest BCUT2D eigenvalue weighted by molar-refractivity contribution is -1.18. The van der Waals surface area contributed by atoms with Crippen molar-refractivity contribution in [1.82, 2.24) is 0 Å². The van der Waals surface area contributed by atoms with Crippen LogP contribution in [0, 0.1) is 22.7 Å². The van der Waals surface area contributed by atoms with Gasteiger partial charge >= 0.3 is 0 Å². The first kappa shape index (κ1) is 17.0. The van der Waals surface area contributed by atoms with Crippen molar-refractivity contribution in [3.05, 3.63) is 29.8 Å². The Morgan fingerprint density at radius 2 is 1.36 bits per heavy atom. The molecule has 4 aliphatic heterocycles. The van der Waals surface area contributed by atoms with Crippen molar-refractivity contribution in [1.29, 1.82) is 0 Å². The van der Waals surface area contributed by atoms with Crippen molar-refractivity contribution < 1.29 is 19.3 Å². The number of benzene rings is 1. The molecule has 25 heavy (non-hydrogen) atoms. The summed E-state index contributed by atoms with van der Waals surface area (Å²) < 4.78 is 5.33. The van der Waals surface area contributed by atoms with E-state index in [2.05, 4.69) is 52.0 Å². The fourth-order valence-electron chi connectivity index (χ4n) is 5.99. The number of ether oxygens (including phenoxy) is 1. The SMILES string of the molecule is COc1ccc(C2[NH+]3CC4(C(C)C)C[NH+]2CC(C(C)C)(C3)C4=O)cc1. The van der Waals surface area contributed by atoms with Crippen LogP contribution < -0.4 is 14.5 Å². The van der Waals surface area contributed by atoms with E-state index in [4.69, 9.17) is 4.74 Å². The van der Waals surface area contributed by atoms with Gasteiger partial charge in [0.2, 0.25) is 6.17 Å². The summed E-state index contributed by atoms with van der Waals surface area (Å²) in [6, 6.07) is 8.58. The summed E-state index contributed by atoms with van der Waals surface area (Å²) in [7, 11) is 1.71. The summed E-state index contributed by atoms with van der Waals surface area (Å²) in [5.41, 5.74) is 1.12. The molecule has 4 heterocycles. The van der Waals surface area contributed by atoms with Gasteiger partial charge in [-0.3, -0.25) is 14.6 Å². The summed E-state index contributed by atoms with van der Waals surface area (Å²) in [6.45, 7) is 13.0. The first-order valence-electron chi connectivity index (χ1n) is 9.72. The molecule has 0 spiro atoms. The number of rotatable bonds is 4. The standard InChI is InChI=1S/C21H30N2O2/c1-14(2)20-10-22-12-21(15(3)4,19(20)24)13-23(11-20)18(22)16-6-8-17(25-5)9-7-16/h6-9,14-15,18H,10-13H2,1-5H3/p+2. The first-order chi connectivity index (χ1) is 11.8. The highest BCUT2D eigenvalue weighted by molar-refractivity contribution is 5.92. The average molecular weight is 344 g/mol. The van der Waals surface area contributed by atoms with Crippen LogP contribution >= 0.6 is 0 Å². The number of methoxy groups -OCH3 is 1. The largest absolute Gasteiger partial charge is 0.497 e. The van der Waals surface area contributed by atoms with E-state index in [1.807, 2.05) is 0 Å². The molecule has 1 aromatic carbocycles. The van der Waals surface area contributed by atoms with Gasteiger partial charge in [0.05, 0.1) is 12.7 Å². The Bertz CT molecular complexity index is 634. The van der Waals surface area contributed by atoms with Gasteiger partial charge in [-0.1, -0.05) is 27.7 Å². The van der Waals surface area contributed by atoms with Gasteiger partial charge in [0, 0.05) is 0 Å². The molecule has 0 aromatic heterocycles. The average Bonchev–Trinajstić information content (AvgIpc) is 2.58. The lowest BCUT2D eigenvalue weighted by Gasteiger charge is -2.62. The van der Waals surface area contributed by atoms with Gasteiger partial charge in [-0.15, -0.1) is 0 Å². The highest BCUT2D eigenvalue weighted by Crippen LogP contribution is 2.44. The highest BCUT2D eigenvalue weighted by Gasteiger charge is 2.72. The third kappa shape index (κ3) is 2.16. The summed E-state index contributed by atoms with van der Waals surface area (Å²) in [5, 5.41) is 0. The molecule has 4 heteroatoms. The van der Waals surface area contributed by atoms with E-state index in [-0.39, 0.29) is 10.8 Å². The smallest absolute Gasteiger partial charge is 0.240 e. The first-order valence-corrected chi connectivity index (χ1v) is 9.72. The van der Waals surface area contributed by atoms with E-state index in [1.165, 1.54) is 5.56 Å². The van der Waals surface area contributed by atoms with E-state index >= 15 is 0 Å². The number of piperidine rings is 2. The van der Waals surface area contributed by atoms with Crippen LogP contribution in [0.4, 0.5) is 0 Å². The molecule has 4 saturated heterocycles. The Balaban J connectivity index is 1.74. The maximum atomic E-state index is 13.6. The molecule has 4 aliphatic rings. The molecule has 0 amide bonds. The molecule has 0 atom stereocenters. The number of hydrogen-bond acceptors (Lipinski definition) is 2. The van der Waals surface area contributed by atoms with E-state index in [0.717, 1.165) is 31.9 Å². The summed E-state index contributed by atoms with van der Waals surface area (Å²) in [4.78, 5) is 16.8. The van der Waals surface area contributed by atoms with Crippen molar-refractivity contribution in [2.75, 3.05) is 33.3 Å². The zero-order valence-electron chi connectivity index (χ0n) is 16.2. The second kappa shape index (κ2) is 5.55. The molecule has 136 valence electrons. The predicted molar refractivity (Wildman–Crippen MR) is 96.7 cm³/mol. The van der Waals surface area contributed by atoms with Crippen LogP contribution in [0.15, 0.2) is 24.3 Å². The lowest BCUT2D eigenvalue weighted by atomic mass is 9.53. The zero-order valence-corrected chi connectivity index (χ0v) is 16.2. The Morgan fingerprint density at radius 3 is 1.72 bits per heavy atom. The van der Waals surface area contributed by atoms with E-state index in [0.29, 0.717) is 23.8 Å². The summed E-state index contributed by atoms with van der Waals surface area (Å²) >= 11 is 0. The molecule has 4 fully saturated rings. The number of carbonyl (C=O) groups excluding carboxylic acids is 1. The van der Waals surface area contributed by atoms with Crippen LogP contribution in [-0.4, -0.2) is 39.1 Å². The van der Waals surface area contributed by atoms with Crippen molar-refractivity contribution in [2.45, 2.75) is 33.9 Å². The highest BCUT2D eigenvalue weighted by atomic mass is 16.5. The van der Waals surface area contributed by atoms with Crippen molar-refractivity contribution in [3.63, 3.8) is 0 Å². The molecule has 0 radical (unpaired) electrons. The minimum atomic E-state index is -0.131.